The standard InChI is InChI=1S/C18H21NO3/c1-13-8-9-14(2)15(12-13)19-18(20)10-11-22-17-7-5-4-6-16(17)21-3/h4-9,12H,10-11H2,1-3H3,(H,19,20). The Balaban J connectivity index is 1.87. The Morgan fingerprint density at radius 3 is 2.55 bits per heavy atom. The number of nitrogens with one attached hydrogen (secondary N) is 1. The first-order valence-corrected chi connectivity index (χ1v) is 7.23. The zero-order valence-electron chi connectivity index (χ0n) is 13.2. The molecule has 4 nitrogen and oxygen atoms in total. The third-order valence-electron chi connectivity index (χ3n) is 3.32. The lowest BCUT2D eigenvalue weighted by molar-refractivity contribution is -0.116. The molecule has 0 aromatic heterocycles. The Bertz CT molecular complexity index is 653. The van der Waals surface area contributed by atoms with E-state index in [1.54, 1.807) is 7.11 Å². The predicted octanol–water partition coefficient (Wildman–Crippen LogP) is 3.72. The van der Waals surface area contributed by atoms with E-state index in [4.69, 9.17) is 9.47 Å². The molecule has 4 heteroatoms. The number of carbonyl (C=O) groups excluding carboxylic acids is 1. The molecule has 22 heavy (non-hydrogen) atoms. The Morgan fingerprint density at radius 2 is 1.82 bits per heavy atom. The van der Waals surface area contributed by atoms with Crippen LogP contribution in [-0.2, 0) is 4.79 Å². The minimum atomic E-state index is -0.0661. The summed E-state index contributed by atoms with van der Waals surface area (Å²) in [6.45, 7) is 4.28. The van der Waals surface area contributed by atoms with Crippen LogP contribution in [0.25, 0.3) is 0 Å². The van der Waals surface area contributed by atoms with E-state index in [9.17, 15) is 4.79 Å². The average Bonchev–Trinajstić information content (AvgIpc) is 2.51. The number of benzene rings is 2. The highest BCUT2D eigenvalue weighted by Gasteiger charge is 2.07. The number of ether oxygens (including phenoxy) is 2. The molecule has 0 heterocycles. The second-order valence-electron chi connectivity index (χ2n) is 5.12. The number of hydrogen-bond donors (Lipinski definition) is 1. The lowest BCUT2D eigenvalue weighted by Gasteiger charge is -2.11. The van der Waals surface area contributed by atoms with Crippen LogP contribution in [0.15, 0.2) is 42.5 Å². The third kappa shape index (κ3) is 4.25. The molecule has 0 aliphatic carbocycles. The van der Waals surface area contributed by atoms with E-state index in [-0.39, 0.29) is 12.3 Å². The van der Waals surface area contributed by atoms with Crippen molar-refractivity contribution in [1.82, 2.24) is 0 Å². The van der Waals surface area contributed by atoms with Gasteiger partial charge in [0.2, 0.25) is 5.91 Å². The van der Waals surface area contributed by atoms with Crippen molar-refractivity contribution in [1.29, 1.82) is 0 Å². The van der Waals surface area contributed by atoms with Crippen LogP contribution in [-0.4, -0.2) is 19.6 Å². The highest BCUT2D eigenvalue weighted by Crippen LogP contribution is 2.25. The maximum Gasteiger partial charge on any atom is 0.227 e. The van der Waals surface area contributed by atoms with Crippen molar-refractivity contribution in [2.24, 2.45) is 0 Å². The van der Waals surface area contributed by atoms with Crippen LogP contribution < -0.4 is 14.8 Å². The molecule has 0 saturated carbocycles. The minimum absolute atomic E-state index is 0.0661. The van der Waals surface area contributed by atoms with Gasteiger partial charge >= 0.3 is 0 Å². The summed E-state index contributed by atoms with van der Waals surface area (Å²) in [6, 6.07) is 13.4. The molecule has 2 aromatic rings. The third-order valence-corrected chi connectivity index (χ3v) is 3.32. The number of carbonyl (C=O) groups is 1. The summed E-state index contributed by atoms with van der Waals surface area (Å²) in [5.74, 6) is 1.24. The normalized spacial score (nSPS) is 10.1. The summed E-state index contributed by atoms with van der Waals surface area (Å²) in [6.07, 6.45) is 0.283. The second-order valence-corrected chi connectivity index (χ2v) is 5.12. The molecule has 2 aromatic carbocycles. The van der Waals surface area contributed by atoms with Gasteiger partial charge in [-0.25, -0.2) is 0 Å². The zero-order chi connectivity index (χ0) is 15.9. The maximum absolute atomic E-state index is 12.0. The van der Waals surface area contributed by atoms with Gasteiger partial charge in [-0.05, 0) is 43.2 Å². The Kier molecular flexibility index (Phi) is 5.42. The Labute approximate surface area is 131 Å². The number of methoxy groups -OCH3 is 1. The van der Waals surface area contributed by atoms with Crippen molar-refractivity contribution in [3.63, 3.8) is 0 Å². The number of aryl methyl sites for hydroxylation is 2. The fourth-order valence-electron chi connectivity index (χ4n) is 2.07. The van der Waals surface area contributed by atoms with Gasteiger partial charge in [0.1, 0.15) is 0 Å². The van der Waals surface area contributed by atoms with Crippen molar-refractivity contribution in [3.05, 3.63) is 53.6 Å². The summed E-state index contributed by atoms with van der Waals surface area (Å²) in [5.41, 5.74) is 3.01. The number of para-hydroxylation sites is 2. The van der Waals surface area contributed by atoms with E-state index < -0.39 is 0 Å². The molecule has 0 aliphatic rings. The molecule has 0 aliphatic heterocycles. The summed E-state index contributed by atoms with van der Waals surface area (Å²) in [7, 11) is 1.59. The van der Waals surface area contributed by atoms with Crippen molar-refractivity contribution >= 4 is 11.6 Å². The van der Waals surface area contributed by atoms with Gasteiger partial charge in [-0.1, -0.05) is 24.3 Å². The highest BCUT2D eigenvalue weighted by atomic mass is 16.5. The van der Waals surface area contributed by atoms with Crippen molar-refractivity contribution < 1.29 is 14.3 Å². The molecule has 0 fully saturated rings. The van der Waals surface area contributed by atoms with E-state index in [1.165, 1.54) is 0 Å². The molecule has 0 radical (unpaired) electrons. The second kappa shape index (κ2) is 7.50. The molecular formula is C18H21NO3. The molecule has 2 rings (SSSR count). The van der Waals surface area contributed by atoms with Crippen LogP contribution in [0.5, 0.6) is 11.5 Å². The van der Waals surface area contributed by atoms with Crippen molar-refractivity contribution in [2.75, 3.05) is 19.0 Å². The van der Waals surface area contributed by atoms with E-state index >= 15 is 0 Å². The van der Waals surface area contributed by atoms with Gasteiger partial charge < -0.3 is 14.8 Å². The van der Waals surface area contributed by atoms with Gasteiger partial charge in [0.25, 0.3) is 0 Å². The number of rotatable bonds is 6. The molecular weight excluding hydrogens is 278 g/mol. The first kappa shape index (κ1) is 15.9. The fourth-order valence-corrected chi connectivity index (χ4v) is 2.07. The van der Waals surface area contributed by atoms with E-state index in [2.05, 4.69) is 5.32 Å². The van der Waals surface area contributed by atoms with E-state index in [0.29, 0.717) is 18.1 Å². The largest absolute Gasteiger partial charge is 0.493 e. The van der Waals surface area contributed by atoms with Crippen LogP contribution >= 0.6 is 0 Å². The molecule has 0 spiro atoms. The lowest BCUT2D eigenvalue weighted by atomic mass is 10.1. The number of anilines is 1. The highest BCUT2D eigenvalue weighted by molar-refractivity contribution is 5.91. The van der Waals surface area contributed by atoms with Crippen LogP contribution in [0.2, 0.25) is 0 Å². The Morgan fingerprint density at radius 1 is 1.09 bits per heavy atom. The summed E-state index contributed by atoms with van der Waals surface area (Å²) >= 11 is 0. The van der Waals surface area contributed by atoms with Gasteiger partial charge in [0.15, 0.2) is 11.5 Å². The maximum atomic E-state index is 12.0. The quantitative estimate of drug-likeness (QED) is 0.884. The van der Waals surface area contributed by atoms with Gasteiger partial charge in [-0.3, -0.25) is 4.79 Å². The minimum Gasteiger partial charge on any atom is -0.493 e. The molecule has 0 saturated heterocycles. The van der Waals surface area contributed by atoms with Crippen LogP contribution in [0.4, 0.5) is 5.69 Å². The zero-order valence-corrected chi connectivity index (χ0v) is 13.2. The molecule has 0 bridgehead atoms. The molecule has 116 valence electrons. The molecule has 0 atom stereocenters. The predicted molar refractivity (Wildman–Crippen MR) is 87.7 cm³/mol. The monoisotopic (exact) mass is 299 g/mol. The number of amides is 1. The first-order chi connectivity index (χ1) is 10.6. The molecule has 0 unspecified atom stereocenters. The Hall–Kier alpha value is -2.49. The van der Waals surface area contributed by atoms with E-state index in [0.717, 1.165) is 16.8 Å². The van der Waals surface area contributed by atoms with Gasteiger partial charge in [0.05, 0.1) is 20.1 Å². The summed E-state index contributed by atoms with van der Waals surface area (Å²) < 4.78 is 10.8. The van der Waals surface area contributed by atoms with Crippen LogP contribution in [0.1, 0.15) is 17.5 Å². The number of hydrogen-bond acceptors (Lipinski definition) is 3. The fraction of sp³-hybridized carbons (Fsp3) is 0.278. The SMILES string of the molecule is COc1ccccc1OCCC(=O)Nc1cc(C)ccc1C. The van der Waals surface area contributed by atoms with Crippen molar-refractivity contribution in [2.45, 2.75) is 20.3 Å². The van der Waals surface area contributed by atoms with Crippen LogP contribution in [0.3, 0.4) is 0 Å². The summed E-state index contributed by atoms with van der Waals surface area (Å²) in [5, 5.41) is 2.92. The molecule has 1 amide bonds. The first-order valence-electron chi connectivity index (χ1n) is 7.23. The van der Waals surface area contributed by atoms with E-state index in [1.807, 2.05) is 56.3 Å². The smallest absolute Gasteiger partial charge is 0.227 e. The van der Waals surface area contributed by atoms with Gasteiger partial charge in [0, 0.05) is 5.69 Å². The van der Waals surface area contributed by atoms with Gasteiger partial charge in [-0.15, -0.1) is 0 Å². The summed E-state index contributed by atoms with van der Waals surface area (Å²) in [4.78, 5) is 12.0. The molecule has 1 N–H and O–H groups in total. The van der Waals surface area contributed by atoms with Crippen molar-refractivity contribution in [3.8, 4) is 11.5 Å². The average molecular weight is 299 g/mol. The lowest BCUT2D eigenvalue weighted by Crippen LogP contribution is -2.16. The topological polar surface area (TPSA) is 47.6 Å². The van der Waals surface area contributed by atoms with Crippen LogP contribution in [0, 0.1) is 13.8 Å². The van der Waals surface area contributed by atoms with Gasteiger partial charge in [-0.2, -0.15) is 0 Å².